The average molecular weight is 339 g/mol. The van der Waals surface area contributed by atoms with E-state index in [1.807, 2.05) is 0 Å². The maximum atomic E-state index is 12.3. The molecule has 2 rings (SSSR count). The van der Waals surface area contributed by atoms with Crippen molar-refractivity contribution in [3.8, 4) is 0 Å². The van der Waals surface area contributed by atoms with E-state index in [0.29, 0.717) is 23.6 Å². The number of aryl methyl sites for hydroxylation is 1. The summed E-state index contributed by atoms with van der Waals surface area (Å²) in [4.78, 5) is 14.7. The fourth-order valence-corrected chi connectivity index (χ4v) is 3.89. The summed E-state index contributed by atoms with van der Waals surface area (Å²) in [6.45, 7) is 4.38. The van der Waals surface area contributed by atoms with Gasteiger partial charge in [0, 0.05) is 32.7 Å². The maximum Gasteiger partial charge on any atom is 0.251 e. The van der Waals surface area contributed by atoms with Crippen molar-refractivity contribution in [3.05, 3.63) is 29.3 Å². The predicted molar refractivity (Wildman–Crippen MR) is 90.0 cm³/mol. The second-order valence-corrected chi connectivity index (χ2v) is 8.51. The zero-order chi connectivity index (χ0) is 17.2. The van der Waals surface area contributed by atoms with E-state index in [-0.39, 0.29) is 10.8 Å². The van der Waals surface area contributed by atoms with Crippen molar-refractivity contribution in [2.75, 3.05) is 40.8 Å². The number of nitrogens with one attached hydrogen (secondary N) is 1. The molecule has 1 amide bonds. The molecule has 0 aliphatic carbocycles. The van der Waals surface area contributed by atoms with Gasteiger partial charge in [-0.3, -0.25) is 4.79 Å². The second-order valence-electron chi connectivity index (χ2n) is 6.39. The number of carbonyl (C=O) groups excluding carboxylic acids is 1. The average Bonchev–Trinajstić information content (AvgIpc) is 2.90. The van der Waals surface area contributed by atoms with Gasteiger partial charge in [-0.2, -0.15) is 0 Å². The Morgan fingerprint density at radius 1 is 1.39 bits per heavy atom. The van der Waals surface area contributed by atoms with E-state index in [0.717, 1.165) is 23.8 Å². The molecule has 7 heteroatoms. The van der Waals surface area contributed by atoms with E-state index in [2.05, 4.69) is 17.3 Å². The van der Waals surface area contributed by atoms with E-state index in [9.17, 15) is 13.2 Å². The minimum Gasteiger partial charge on any atom is -0.352 e. The lowest BCUT2D eigenvalue weighted by molar-refractivity contribution is 0.0947. The lowest BCUT2D eigenvalue weighted by Gasteiger charge is -2.15. The van der Waals surface area contributed by atoms with Crippen molar-refractivity contribution in [1.82, 2.24) is 14.5 Å². The van der Waals surface area contributed by atoms with Gasteiger partial charge in [-0.15, -0.1) is 0 Å². The first kappa shape index (κ1) is 17.9. The Bertz CT molecular complexity index is 686. The van der Waals surface area contributed by atoms with Crippen LogP contribution in [-0.2, 0) is 10.0 Å². The smallest absolute Gasteiger partial charge is 0.251 e. The fourth-order valence-electron chi connectivity index (χ4n) is 2.75. The molecule has 0 radical (unpaired) electrons. The lowest BCUT2D eigenvalue weighted by Crippen LogP contribution is -2.31. The van der Waals surface area contributed by atoms with Crippen LogP contribution in [0.4, 0.5) is 0 Å². The van der Waals surface area contributed by atoms with E-state index < -0.39 is 10.0 Å². The first-order chi connectivity index (χ1) is 10.7. The quantitative estimate of drug-likeness (QED) is 0.866. The maximum absolute atomic E-state index is 12.3. The molecule has 1 unspecified atom stereocenters. The van der Waals surface area contributed by atoms with Crippen LogP contribution in [0.15, 0.2) is 23.1 Å². The number of benzene rings is 1. The highest BCUT2D eigenvalue weighted by Gasteiger charge is 2.23. The Morgan fingerprint density at radius 3 is 2.65 bits per heavy atom. The zero-order valence-electron chi connectivity index (χ0n) is 14.2. The third-order valence-electron chi connectivity index (χ3n) is 4.25. The Kier molecular flexibility index (Phi) is 5.44. The molecule has 128 valence electrons. The topological polar surface area (TPSA) is 69.7 Å². The van der Waals surface area contributed by atoms with Crippen LogP contribution in [0.1, 0.15) is 22.3 Å². The molecule has 1 aliphatic rings. The van der Waals surface area contributed by atoms with E-state index in [1.165, 1.54) is 20.2 Å². The first-order valence-corrected chi connectivity index (χ1v) is 9.15. The fraction of sp³-hybridized carbons (Fsp3) is 0.562. The molecule has 1 fully saturated rings. The van der Waals surface area contributed by atoms with Gasteiger partial charge in [0.05, 0.1) is 4.90 Å². The standard InChI is InChI=1S/C16H25N3O3S/c1-12-5-6-14(9-15(12)23(21,22)18(2)3)16(20)17-10-13-7-8-19(4)11-13/h5-6,9,13H,7-8,10-11H2,1-4H3,(H,17,20). The van der Waals surface area contributed by atoms with Crippen LogP contribution in [0.3, 0.4) is 0 Å². The molecule has 0 bridgehead atoms. The highest BCUT2D eigenvalue weighted by molar-refractivity contribution is 7.89. The summed E-state index contributed by atoms with van der Waals surface area (Å²) in [6, 6.07) is 4.80. The van der Waals surface area contributed by atoms with E-state index >= 15 is 0 Å². The molecule has 23 heavy (non-hydrogen) atoms. The van der Waals surface area contributed by atoms with Crippen molar-refractivity contribution >= 4 is 15.9 Å². The summed E-state index contributed by atoms with van der Waals surface area (Å²) in [7, 11) is 1.48. The Hall–Kier alpha value is -1.44. The predicted octanol–water partition coefficient (Wildman–Crippen LogP) is 0.927. The number of hydrogen-bond donors (Lipinski definition) is 1. The Labute approximate surface area is 138 Å². The number of carbonyl (C=O) groups is 1. The van der Waals surface area contributed by atoms with Crippen molar-refractivity contribution in [2.45, 2.75) is 18.2 Å². The van der Waals surface area contributed by atoms with Crippen LogP contribution in [0.5, 0.6) is 0 Å². The molecule has 0 saturated carbocycles. The Balaban J connectivity index is 2.12. The van der Waals surface area contributed by atoms with Crippen molar-refractivity contribution < 1.29 is 13.2 Å². The number of sulfonamides is 1. The molecule has 1 aliphatic heterocycles. The molecule has 1 saturated heterocycles. The summed E-state index contributed by atoms with van der Waals surface area (Å²) in [5.41, 5.74) is 1.01. The third-order valence-corrected chi connectivity index (χ3v) is 6.21. The summed E-state index contributed by atoms with van der Waals surface area (Å²) in [6.07, 6.45) is 1.07. The van der Waals surface area contributed by atoms with Crippen molar-refractivity contribution in [2.24, 2.45) is 5.92 Å². The number of likely N-dealkylation sites (tertiary alicyclic amines) is 1. The molecule has 6 nitrogen and oxygen atoms in total. The molecule has 1 atom stereocenters. The number of nitrogens with zero attached hydrogens (tertiary/aromatic N) is 2. The normalized spacial score (nSPS) is 19.3. The summed E-state index contributed by atoms with van der Waals surface area (Å²) in [5.74, 6) is 0.231. The highest BCUT2D eigenvalue weighted by Crippen LogP contribution is 2.20. The molecule has 0 spiro atoms. The Morgan fingerprint density at radius 2 is 2.09 bits per heavy atom. The van der Waals surface area contributed by atoms with Crippen LogP contribution in [0.25, 0.3) is 0 Å². The minimum atomic E-state index is -3.55. The van der Waals surface area contributed by atoms with Crippen molar-refractivity contribution in [3.63, 3.8) is 0 Å². The van der Waals surface area contributed by atoms with Gasteiger partial charge in [0.2, 0.25) is 10.0 Å². The van der Waals surface area contributed by atoms with E-state index in [1.54, 1.807) is 19.1 Å². The molecular formula is C16H25N3O3S. The van der Waals surface area contributed by atoms with Gasteiger partial charge in [-0.05, 0) is 50.6 Å². The largest absolute Gasteiger partial charge is 0.352 e. The van der Waals surface area contributed by atoms with Gasteiger partial charge in [-0.1, -0.05) is 6.07 Å². The first-order valence-electron chi connectivity index (χ1n) is 7.71. The zero-order valence-corrected chi connectivity index (χ0v) is 15.0. The van der Waals surface area contributed by atoms with E-state index in [4.69, 9.17) is 0 Å². The minimum absolute atomic E-state index is 0.177. The van der Waals surface area contributed by atoms with Gasteiger partial charge < -0.3 is 10.2 Å². The molecule has 0 aromatic heterocycles. The monoisotopic (exact) mass is 339 g/mol. The van der Waals surface area contributed by atoms with Gasteiger partial charge in [-0.25, -0.2) is 12.7 Å². The molecule has 1 N–H and O–H groups in total. The summed E-state index contributed by atoms with van der Waals surface area (Å²) >= 11 is 0. The second kappa shape index (κ2) is 6.98. The van der Waals surface area contributed by atoms with Crippen LogP contribution < -0.4 is 5.32 Å². The number of rotatable bonds is 5. The number of hydrogen-bond acceptors (Lipinski definition) is 4. The lowest BCUT2D eigenvalue weighted by atomic mass is 10.1. The van der Waals surface area contributed by atoms with Gasteiger partial charge >= 0.3 is 0 Å². The van der Waals surface area contributed by atoms with Gasteiger partial charge in [0.1, 0.15) is 0 Å². The SMILES string of the molecule is Cc1ccc(C(=O)NCC2CCN(C)C2)cc1S(=O)(=O)N(C)C. The summed E-state index contributed by atoms with van der Waals surface area (Å²) < 4.78 is 25.8. The van der Waals surface area contributed by atoms with Crippen LogP contribution >= 0.6 is 0 Å². The van der Waals surface area contributed by atoms with Crippen LogP contribution in [0, 0.1) is 12.8 Å². The molecule has 1 heterocycles. The van der Waals surface area contributed by atoms with Crippen molar-refractivity contribution in [1.29, 1.82) is 0 Å². The van der Waals surface area contributed by atoms with Gasteiger partial charge in [0.25, 0.3) is 5.91 Å². The highest BCUT2D eigenvalue weighted by atomic mass is 32.2. The number of amides is 1. The van der Waals surface area contributed by atoms with Crippen LogP contribution in [0.2, 0.25) is 0 Å². The molecular weight excluding hydrogens is 314 g/mol. The molecule has 1 aromatic carbocycles. The van der Waals surface area contributed by atoms with Crippen LogP contribution in [-0.4, -0.2) is 64.3 Å². The third kappa shape index (κ3) is 4.10. The van der Waals surface area contributed by atoms with Gasteiger partial charge in [0.15, 0.2) is 0 Å². The summed E-state index contributed by atoms with van der Waals surface area (Å²) in [5, 5.41) is 2.91. The molecule has 1 aromatic rings.